The molecule has 3 aromatic rings. The van der Waals surface area contributed by atoms with E-state index in [1.165, 1.54) is 17.7 Å². The third-order valence-electron chi connectivity index (χ3n) is 3.34. The summed E-state index contributed by atoms with van der Waals surface area (Å²) in [6.45, 7) is 1.05. The normalized spacial score (nSPS) is 12.8. The summed E-state index contributed by atoms with van der Waals surface area (Å²) >= 11 is 1.41. The van der Waals surface area contributed by atoms with Gasteiger partial charge in [-0.25, -0.2) is 9.97 Å². The second-order valence-corrected chi connectivity index (χ2v) is 5.92. The van der Waals surface area contributed by atoms with Gasteiger partial charge in [-0.2, -0.15) is 5.10 Å². The predicted molar refractivity (Wildman–Crippen MR) is 87.3 cm³/mol. The number of fused-ring (bicyclic) bond motifs is 1. The van der Waals surface area contributed by atoms with E-state index >= 15 is 0 Å². The number of aromatic nitrogens is 4. The highest BCUT2D eigenvalue weighted by Crippen LogP contribution is 2.32. The zero-order valence-electron chi connectivity index (χ0n) is 12.5. The molecule has 3 heterocycles. The van der Waals surface area contributed by atoms with Gasteiger partial charge in [-0.05, 0) is 12.1 Å². The largest absolute Gasteiger partial charge is 0.486 e. The van der Waals surface area contributed by atoms with E-state index in [0.717, 1.165) is 0 Å². The molecule has 4 rings (SSSR count). The van der Waals surface area contributed by atoms with Crippen molar-refractivity contribution < 1.29 is 14.3 Å². The van der Waals surface area contributed by atoms with Gasteiger partial charge in [0.25, 0.3) is 0 Å². The Bertz CT molecular complexity index is 862. The van der Waals surface area contributed by atoms with Crippen LogP contribution >= 0.6 is 11.3 Å². The Balaban J connectivity index is 1.42. The average molecular weight is 343 g/mol. The predicted octanol–water partition coefficient (Wildman–Crippen LogP) is 1.88. The fraction of sp³-hybridized carbons (Fsp3) is 0.200. The number of benzene rings is 1. The standard InChI is InChI=1S/C15H13N5O3S/c21-13(6-10-7-24-15(19-10)14-16-8-17-20-14)18-9-1-2-11-12(5-9)23-4-3-22-11/h1-2,5,7-8H,3-4,6H2,(H,18,21)(H,16,17,20). The maximum absolute atomic E-state index is 12.2. The van der Waals surface area contributed by atoms with Gasteiger partial charge in [0.05, 0.1) is 12.1 Å². The minimum absolute atomic E-state index is 0.152. The third kappa shape index (κ3) is 3.06. The number of rotatable bonds is 4. The first-order valence-electron chi connectivity index (χ1n) is 7.27. The van der Waals surface area contributed by atoms with Gasteiger partial charge in [0.2, 0.25) is 5.91 Å². The van der Waals surface area contributed by atoms with Crippen molar-refractivity contribution in [2.24, 2.45) is 0 Å². The zero-order valence-corrected chi connectivity index (χ0v) is 13.3. The van der Waals surface area contributed by atoms with E-state index in [-0.39, 0.29) is 12.3 Å². The van der Waals surface area contributed by atoms with Gasteiger partial charge in [0.1, 0.15) is 19.5 Å². The first-order valence-corrected chi connectivity index (χ1v) is 8.15. The number of ether oxygens (including phenoxy) is 2. The Hall–Kier alpha value is -2.94. The van der Waals surface area contributed by atoms with Crippen LogP contribution < -0.4 is 14.8 Å². The monoisotopic (exact) mass is 343 g/mol. The summed E-state index contributed by atoms with van der Waals surface area (Å²) in [4.78, 5) is 20.6. The van der Waals surface area contributed by atoms with E-state index in [0.29, 0.717) is 46.9 Å². The number of hydrogen-bond acceptors (Lipinski definition) is 7. The number of carbonyl (C=O) groups is 1. The van der Waals surface area contributed by atoms with Crippen LogP contribution in [0.4, 0.5) is 5.69 Å². The van der Waals surface area contributed by atoms with Crippen molar-refractivity contribution in [2.45, 2.75) is 6.42 Å². The summed E-state index contributed by atoms with van der Waals surface area (Å²) in [5.41, 5.74) is 1.34. The summed E-state index contributed by atoms with van der Waals surface area (Å²) in [6.07, 6.45) is 1.60. The summed E-state index contributed by atoms with van der Waals surface area (Å²) < 4.78 is 11.0. The summed E-state index contributed by atoms with van der Waals surface area (Å²) in [5, 5.41) is 11.9. The Morgan fingerprint density at radius 1 is 1.29 bits per heavy atom. The molecule has 1 amide bonds. The molecule has 122 valence electrons. The third-order valence-corrected chi connectivity index (χ3v) is 4.23. The van der Waals surface area contributed by atoms with Gasteiger partial charge in [0.15, 0.2) is 22.3 Å². The van der Waals surface area contributed by atoms with Crippen molar-refractivity contribution in [3.8, 4) is 22.3 Å². The van der Waals surface area contributed by atoms with Crippen LogP contribution in [0.5, 0.6) is 11.5 Å². The van der Waals surface area contributed by atoms with Crippen LogP contribution in [0.15, 0.2) is 29.9 Å². The number of nitrogens with zero attached hydrogens (tertiary/aromatic N) is 3. The fourth-order valence-corrected chi connectivity index (χ4v) is 3.06. The van der Waals surface area contributed by atoms with Crippen LogP contribution in [0.25, 0.3) is 10.8 Å². The van der Waals surface area contributed by atoms with Crippen molar-refractivity contribution in [1.29, 1.82) is 0 Å². The van der Waals surface area contributed by atoms with Crippen LogP contribution in [-0.4, -0.2) is 39.3 Å². The fourth-order valence-electron chi connectivity index (χ4n) is 2.30. The Morgan fingerprint density at radius 2 is 2.17 bits per heavy atom. The van der Waals surface area contributed by atoms with Crippen LogP contribution in [0, 0.1) is 0 Å². The number of hydrogen-bond donors (Lipinski definition) is 2. The number of anilines is 1. The molecular formula is C15H13N5O3S. The lowest BCUT2D eigenvalue weighted by atomic mass is 10.2. The first kappa shape index (κ1) is 14.6. The Kier molecular flexibility index (Phi) is 3.83. The van der Waals surface area contributed by atoms with Crippen molar-refractivity contribution in [3.63, 3.8) is 0 Å². The highest BCUT2D eigenvalue weighted by atomic mass is 32.1. The smallest absolute Gasteiger partial charge is 0.230 e. The molecule has 0 spiro atoms. The van der Waals surface area contributed by atoms with Gasteiger partial charge >= 0.3 is 0 Å². The average Bonchev–Trinajstić information content (AvgIpc) is 3.26. The van der Waals surface area contributed by atoms with Crippen molar-refractivity contribution >= 4 is 22.9 Å². The number of carbonyl (C=O) groups excluding carboxylic acids is 1. The molecular weight excluding hydrogens is 330 g/mol. The van der Waals surface area contributed by atoms with Crippen LogP contribution in [-0.2, 0) is 11.2 Å². The molecule has 0 bridgehead atoms. The van der Waals surface area contributed by atoms with Crippen molar-refractivity contribution in [3.05, 3.63) is 35.6 Å². The molecule has 1 aliphatic rings. The van der Waals surface area contributed by atoms with Crippen LogP contribution in [0.2, 0.25) is 0 Å². The highest BCUT2D eigenvalue weighted by Gasteiger charge is 2.14. The topological polar surface area (TPSA) is 102 Å². The van der Waals surface area contributed by atoms with Gasteiger partial charge in [-0.1, -0.05) is 0 Å². The molecule has 0 fully saturated rings. The molecule has 1 aromatic carbocycles. The first-order chi connectivity index (χ1) is 11.8. The summed E-state index contributed by atoms with van der Waals surface area (Å²) in [5.74, 6) is 1.77. The molecule has 2 aromatic heterocycles. The molecule has 2 N–H and O–H groups in total. The van der Waals surface area contributed by atoms with E-state index in [1.54, 1.807) is 18.2 Å². The zero-order chi connectivity index (χ0) is 16.4. The molecule has 1 aliphatic heterocycles. The van der Waals surface area contributed by atoms with Crippen molar-refractivity contribution in [2.75, 3.05) is 18.5 Å². The summed E-state index contributed by atoms with van der Waals surface area (Å²) in [6, 6.07) is 5.33. The van der Waals surface area contributed by atoms with E-state index in [4.69, 9.17) is 9.47 Å². The number of aromatic amines is 1. The molecule has 24 heavy (non-hydrogen) atoms. The van der Waals surface area contributed by atoms with Crippen LogP contribution in [0.3, 0.4) is 0 Å². The Morgan fingerprint density at radius 3 is 3.00 bits per heavy atom. The van der Waals surface area contributed by atoms with E-state index in [1.807, 2.05) is 5.38 Å². The number of amides is 1. The number of nitrogens with one attached hydrogen (secondary N) is 2. The number of H-pyrrole nitrogens is 1. The van der Waals surface area contributed by atoms with Crippen LogP contribution in [0.1, 0.15) is 5.69 Å². The second kappa shape index (κ2) is 6.28. The Labute approximate surface area is 140 Å². The lowest BCUT2D eigenvalue weighted by Gasteiger charge is -2.18. The molecule has 0 atom stereocenters. The molecule has 0 radical (unpaired) electrons. The lowest BCUT2D eigenvalue weighted by Crippen LogP contribution is -2.17. The minimum atomic E-state index is -0.152. The van der Waals surface area contributed by atoms with Gasteiger partial charge < -0.3 is 14.8 Å². The van der Waals surface area contributed by atoms with E-state index in [2.05, 4.69) is 25.5 Å². The summed E-state index contributed by atoms with van der Waals surface area (Å²) in [7, 11) is 0. The minimum Gasteiger partial charge on any atom is -0.486 e. The van der Waals surface area contributed by atoms with Gasteiger partial charge in [0, 0.05) is 17.1 Å². The van der Waals surface area contributed by atoms with E-state index in [9.17, 15) is 4.79 Å². The quantitative estimate of drug-likeness (QED) is 0.750. The molecule has 0 aliphatic carbocycles. The molecule has 0 saturated heterocycles. The second-order valence-electron chi connectivity index (χ2n) is 5.06. The van der Waals surface area contributed by atoms with E-state index < -0.39 is 0 Å². The lowest BCUT2D eigenvalue weighted by molar-refractivity contribution is -0.115. The maximum Gasteiger partial charge on any atom is 0.230 e. The van der Waals surface area contributed by atoms with Gasteiger partial charge in [-0.15, -0.1) is 11.3 Å². The SMILES string of the molecule is O=C(Cc1csc(-c2ncn[nH]2)n1)Nc1ccc2c(c1)OCCO2. The number of thiazole rings is 1. The molecule has 0 saturated carbocycles. The van der Waals surface area contributed by atoms with Gasteiger partial charge in [-0.3, -0.25) is 9.89 Å². The van der Waals surface area contributed by atoms with Crippen molar-refractivity contribution in [1.82, 2.24) is 20.2 Å². The molecule has 0 unspecified atom stereocenters. The highest BCUT2D eigenvalue weighted by molar-refractivity contribution is 7.13. The molecule has 9 heteroatoms. The molecule has 8 nitrogen and oxygen atoms in total. The maximum atomic E-state index is 12.2.